The Kier molecular flexibility index (Phi) is 4.09. The van der Waals surface area contributed by atoms with Gasteiger partial charge in [-0.15, -0.1) is 0 Å². The first-order chi connectivity index (χ1) is 7.19. The maximum atomic E-state index is 11.4. The summed E-state index contributed by atoms with van der Waals surface area (Å²) in [5.41, 5.74) is 0.828. The van der Waals surface area contributed by atoms with E-state index in [9.17, 15) is 4.79 Å². The highest BCUT2D eigenvalue weighted by molar-refractivity contribution is 5.77. The SMILES string of the molecule is CCOC(=O)C(C)c1ccc(OC)nc1. The molecule has 1 unspecified atom stereocenters. The van der Waals surface area contributed by atoms with Crippen LogP contribution in [0.15, 0.2) is 18.3 Å². The molecule has 0 aliphatic carbocycles. The number of ether oxygens (including phenoxy) is 2. The van der Waals surface area contributed by atoms with Gasteiger partial charge in [-0.1, -0.05) is 6.07 Å². The molecule has 0 spiro atoms. The molecule has 0 aromatic carbocycles. The van der Waals surface area contributed by atoms with Gasteiger partial charge in [-0.3, -0.25) is 4.79 Å². The zero-order valence-electron chi connectivity index (χ0n) is 9.19. The minimum atomic E-state index is -0.289. The average molecular weight is 209 g/mol. The quantitative estimate of drug-likeness (QED) is 0.709. The number of aromatic nitrogens is 1. The Morgan fingerprint density at radius 2 is 2.27 bits per heavy atom. The van der Waals surface area contributed by atoms with E-state index in [1.807, 2.05) is 6.07 Å². The van der Waals surface area contributed by atoms with Crippen LogP contribution < -0.4 is 4.74 Å². The summed E-state index contributed by atoms with van der Waals surface area (Å²) in [6.07, 6.45) is 1.63. The number of rotatable bonds is 4. The number of hydrogen-bond donors (Lipinski definition) is 0. The molecule has 4 nitrogen and oxygen atoms in total. The number of carbonyl (C=O) groups excluding carboxylic acids is 1. The molecule has 0 aliphatic rings. The highest BCUT2D eigenvalue weighted by Gasteiger charge is 2.16. The first-order valence-electron chi connectivity index (χ1n) is 4.85. The van der Waals surface area contributed by atoms with Gasteiger partial charge in [-0.05, 0) is 19.4 Å². The van der Waals surface area contributed by atoms with E-state index in [-0.39, 0.29) is 11.9 Å². The fourth-order valence-corrected chi connectivity index (χ4v) is 1.17. The average Bonchev–Trinajstić information content (AvgIpc) is 2.28. The van der Waals surface area contributed by atoms with Crippen molar-refractivity contribution in [2.45, 2.75) is 19.8 Å². The largest absolute Gasteiger partial charge is 0.481 e. The summed E-state index contributed by atoms with van der Waals surface area (Å²) >= 11 is 0. The zero-order valence-corrected chi connectivity index (χ0v) is 9.19. The van der Waals surface area contributed by atoms with Crippen LogP contribution in [-0.4, -0.2) is 24.7 Å². The van der Waals surface area contributed by atoms with E-state index in [0.717, 1.165) is 5.56 Å². The predicted octanol–water partition coefficient (Wildman–Crippen LogP) is 1.76. The first kappa shape index (κ1) is 11.5. The Bertz CT molecular complexity index is 321. The Morgan fingerprint density at radius 3 is 2.73 bits per heavy atom. The van der Waals surface area contributed by atoms with Gasteiger partial charge in [0, 0.05) is 12.3 Å². The molecule has 0 aliphatic heterocycles. The first-order valence-corrected chi connectivity index (χ1v) is 4.85. The second-order valence-electron chi connectivity index (χ2n) is 3.11. The molecule has 1 atom stereocenters. The van der Waals surface area contributed by atoms with E-state index >= 15 is 0 Å². The fraction of sp³-hybridized carbons (Fsp3) is 0.455. The van der Waals surface area contributed by atoms with Crippen molar-refractivity contribution in [1.29, 1.82) is 0 Å². The number of pyridine rings is 1. The maximum Gasteiger partial charge on any atom is 0.313 e. The normalized spacial score (nSPS) is 11.9. The number of methoxy groups -OCH3 is 1. The molecule has 15 heavy (non-hydrogen) atoms. The van der Waals surface area contributed by atoms with Crippen LogP contribution in [0.25, 0.3) is 0 Å². The molecule has 1 aromatic rings. The van der Waals surface area contributed by atoms with E-state index in [1.54, 1.807) is 33.2 Å². The summed E-state index contributed by atoms with van der Waals surface area (Å²) in [7, 11) is 1.55. The molecule has 0 radical (unpaired) electrons. The lowest BCUT2D eigenvalue weighted by Gasteiger charge is -2.10. The molecule has 82 valence electrons. The predicted molar refractivity (Wildman–Crippen MR) is 55.8 cm³/mol. The van der Waals surface area contributed by atoms with Crippen LogP contribution in [0.4, 0.5) is 0 Å². The number of nitrogens with zero attached hydrogens (tertiary/aromatic N) is 1. The summed E-state index contributed by atoms with van der Waals surface area (Å²) in [4.78, 5) is 15.4. The van der Waals surface area contributed by atoms with Crippen molar-refractivity contribution in [2.75, 3.05) is 13.7 Å². The molecular formula is C11H15NO3. The Balaban J connectivity index is 2.73. The molecule has 4 heteroatoms. The summed E-state index contributed by atoms with van der Waals surface area (Å²) in [5.74, 6) is 0.0163. The summed E-state index contributed by atoms with van der Waals surface area (Å²) in [6.45, 7) is 3.98. The third-order valence-corrected chi connectivity index (χ3v) is 2.11. The van der Waals surface area contributed by atoms with Crippen LogP contribution in [0.2, 0.25) is 0 Å². The van der Waals surface area contributed by atoms with Crippen LogP contribution in [0.3, 0.4) is 0 Å². The van der Waals surface area contributed by atoms with Gasteiger partial charge in [0.2, 0.25) is 5.88 Å². The van der Waals surface area contributed by atoms with E-state index in [1.165, 1.54) is 0 Å². The van der Waals surface area contributed by atoms with E-state index in [4.69, 9.17) is 9.47 Å². The van der Waals surface area contributed by atoms with Crippen LogP contribution in [-0.2, 0) is 9.53 Å². The van der Waals surface area contributed by atoms with Crippen molar-refractivity contribution in [1.82, 2.24) is 4.98 Å². The van der Waals surface area contributed by atoms with Crippen LogP contribution in [0.1, 0.15) is 25.3 Å². The minimum Gasteiger partial charge on any atom is -0.481 e. The molecule has 1 heterocycles. The monoisotopic (exact) mass is 209 g/mol. The second kappa shape index (κ2) is 5.34. The third kappa shape index (κ3) is 2.94. The van der Waals surface area contributed by atoms with Crippen molar-refractivity contribution < 1.29 is 14.3 Å². The van der Waals surface area contributed by atoms with E-state index in [2.05, 4.69) is 4.98 Å². The Morgan fingerprint density at radius 1 is 1.53 bits per heavy atom. The molecule has 0 bridgehead atoms. The van der Waals surface area contributed by atoms with Crippen LogP contribution in [0.5, 0.6) is 5.88 Å². The minimum absolute atomic E-state index is 0.232. The van der Waals surface area contributed by atoms with Gasteiger partial charge in [0.05, 0.1) is 19.6 Å². The van der Waals surface area contributed by atoms with Crippen molar-refractivity contribution in [3.63, 3.8) is 0 Å². The maximum absolute atomic E-state index is 11.4. The molecule has 0 fully saturated rings. The van der Waals surface area contributed by atoms with Crippen LogP contribution in [0, 0.1) is 0 Å². The summed E-state index contributed by atoms with van der Waals surface area (Å²) < 4.78 is 9.85. The van der Waals surface area contributed by atoms with Gasteiger partial charge >= 0.3 is 5.97 Å². The number of hydrogen-bond acceptors (Lipinski definition) is 4. The molecule has 0 saturated carbocycles. The summed E-state index contributed by atoms with van der Waals surface area (Å²) in [5, 5.41) is 0. The molecule has 0 amide bonds. The highest BCUT2D eigenvalue weighted by Crippen LogP contribution is 2.17. The Labute approximate surface area is 89.2 Å². The molecule has 0 N–H and O–H groups in total. The van der Waals surface area contributed by atoms with Gasteiger partial charge in [0.1, 0.15) is 0 Å². The summed E-state index contributed by atoms with van der Waals surface area (Å²) in [6, 6.07) is 3.54. The van der Waals surface area contributed by atoms with Crippen molar-refractivity contribution in [3.8, 4) is 5.88 Å². The van der Waals surface area contributed by atoms with Gasteiger partial charge in [-0.25, -0.2) is 4.98 Å². The zero-order chi connectivity index (χ0) is 11.3. The highest BCUT2D eigenvalue weighted by atomic mass is 16.5. The fourth-order valence-electron chi connectivity index (χ4n) is 1.17. The van der Waals surface area contributed by atoms with E-state index < -0.39 is 0 Å². The van der Waals surface area contributed by atoms with E-state index in [0.29, 0.717) is 12.5 Å². The van der Waals surface area contributed by atoms with Gasteiger partial charge in [0.15, 0.2) is 0 Å². The number of carbonyl (C=O) groups is 1. The topological polar surface area (TPSA) is 48.4 Å². The lowest BCUT2D eigenvalue weighted by molar-refractivity contribution is -0.144. The van der Waals surface area contributed by atoms with Gasteiger partial charge in [0.25, 0.3) is 0 Å². The molecule has 1 aromatic heterocycles. The lowest BCUT2D eigenvalue weighted by atomic mass is 10.0. The van der Waals surface area contributed by atoms with Crippen molar-refractivity contribution >= 4 is 5.97 Å². The van der Waals surface area contributed by atoms with Crippen molar-refractivity contribution in [3.05, 3.63) is 23.9 Å². The van der Waals surface area contributed by atoms with Crippen molar-refractivity contribution in [2.24, 2.45) is 0 Å². The molecule has 1 rings (SSSR count). The number of esters is 1. The lowest BCUT2D eigenvalue weighted by Crippen LogP contribution is -2.13. The van der Waals surface area contributed by atoms with Crippen LogP contribution >= 0.6 is 0 Å². The van der Waals surface area contributed by atoms with Gasteiger partial charge < -0.3 is 9.47 Å². The standard InChI is InChI=1S/C11H15NO3/c1-4-15-11(13)8(2)9-5-6-10(14-3)12-7-9/h5-8H,4H2,1-3H3. The molecular weight excluding hydrogens is 194 g/mol. The van der Waals surface area contributed by atoms with Gasteiger partial charge in [-0.2, -0.15) is 0 Å². The smallest absolute Gasteiger partial charge is 0.313 e. The third-order valence-electron chi connectivity index (χ3n) is 2.11. The Hall–Kier alpha value is -1.58. The second-order valence-corrected chi connectivity index (χ2v) is 3.11. The molecule has 0 saturated heterocycles.